The largest absolute Gasteiger partial charge is 0.416 e. The van der Waals surface area contributed by atoms with Gasteiger partial charge in [0.25, 0.3) is 5.91 Å². The minimum atomic E-state index is -4.40. The second kappa shape index (κ2) is 10.7. The number of benzene rings is 3. The average molecular weight is 507 g/mol. The molecule has 0 saturated heterocycles. The van der Waals surface area contributed by atoms with E-state index in [-0.39, 0.29) is 5.91 Å². The molecule has 5 rings (SSSR count). The standard InChI is InChI=1S/C31H33F3N2O/c1-20-6-5-9-28(29(20)22-10-13-25(14-11-22)31(32,33)34)30(37)36-26-15-12-23-16-27(18-24(23)17-26)35-19-21-7-3-2-4-8-21/h5-6,9-15,17,21,27,35H,2-4,7-8,16,18-19H2,1H3,(H,36,37). The summed E-state index contributed by atoms with van der Waals surface area (Å²) in [7, 11) is 0. The number of carbonyl (C=O) groups is 1. The number of fused-ring (bicyclic) bond motifs is 1. The number of aryl methyl sites for hydroxylation is 1. The van der Waals surface area contributed by atoms with Gasteiger partial charge in [0.1, 0.15) is 0 Å². The van der Waals surface area contributed by atoms with E-state index >= 15 is 0 Å². The second-order valence-electron chi connectivity index (χ2n) is 10.5. The van der Waals surface area contributed by atoms with Crippen LogP contribution in [0.25, 0.3) is 11.1 Å². The monoisotopic (exact) mass is 506 g/mol. The molecule has 1 unspecified atom stereocenters. The van der Waals surface area contributed by atoms with Crippen molar-refractivity contribution in [3.8, 4) is 11.1 Å². The van der Waals surface area contributed by atoms with Gasteiger partial charge in [-0.2, -0.15) is 13.2 Å². The smallest absolute Gasteiger partial charge is 0.322 e. The number of hydrogen-bond donors (Lipinski definition) is 2. The van der Waals surface area contributed by atoms with Gasteiger partial charge in [0.15, 0.2) is 0 Å². The third-order valence-corrected chi connectivity index (χ3v) is 7.84. The van der Waals surface area contributed by atoms with Crippen molar-refractivity contribution in [3.05, 3.63) is 88.5 Å². The summed E-state index contributed by atoms with van der Waals surface area (Å²) < 4.78 is 39.1. The first-order valence-corrected chi connectivity index (χ1v) is 13.2. The van der Waals surface area contributed by atoms with Crippen LogP contribution in [0.5, 0.6) is 0 Å². The Balaban J connectivity index is 1.28. The third kappa shape index (κ3) is 5.90. The summed E-state index contributed by atoms with van der Waals surface area (Å²) >= 11 is 0. The molecule has 0 radical (unpaired) electrons. The molecule has 194 valence electrons. The Labute approximate surface area is 216 Å². The Hall–Kier alpha value is -3.12. The van der Waals surface area contributed by atoms with E-state index in [2.05, 4.69) is 22.8 Å². The van der Waals surface area contributed by atoms with E-state index in [1.807, 2.05) is 19.1 Å². The summed E-state index contributed by atoms with van der Waals surface area (Å²) in [4.78, 5) is 13.3. The molecule has 6 heteroatoms. The maximum absolute atomic E-state index is 13.3. The lowest BCUT2D eigenvalue weighted by atomic mass is 9.89. The molecular formula is C31H33F3N2O. The molecular weight excluding hydrogens is 473 g/mol. The van der Waals surface area contributed by atoms with Crippen molar-refractivity contribution in [2.45, 2.75) is 64.1 Å². The lowest BCUT2D eigenvalue weighted by molar-refractivity contribution is -0.137. The highest BCUT2D eigenvalue weighted by Gasteiger charge is 2.30. The summed E-state index contributed by atoms with van der Waals surface area (Å²) in [5.41, 5.74) is 5.09. The SMILES string of the molecule is Cc1cccc(C(=O)Nc2ccc3c(c2)CC(NCC2CCCCC2)C3)c1-c1ccc(C(F)(F)F)cc1. The van der Waals surface area contributed by atoms with Gasteiger partial charge in [-0.05, 0) is 103 Å². The van der Waals surface area contributed by atoms with E-state index in [1.165, 1.54) is 55.4 Å². The Kier molecular flexibility index (Phi) is 7.38. The fourth-order valence-corrected chi connectivity index (χ4v) is 5.83. The molecule has 3 aromatic rings. The van der Waals surface area contributed by atoms with Crippen molar-refractivity contribution in [1.29, 1.82) is 0 Å². The summed E-state index contributed by atoms with van der Waals surface area (Å²) in [6, 6.07) is 16.9. The molecule has 0 bridgehead atoms. The van der Waals surface area contributed by atoms with Gasteiger partial charge in [-0.3, -0.25) is 4.79 Å². The van der Waals surface area contributed by atoms with Crippen molar-refractivity contribution in [2.24, 2.45) is 5.92 Å². The van der Waals surface area contributed by atoms with E-state index < -0.39 is 11.7 Å². The second-order valence-corrected chi connectivity index (χ2v) is 10.5. The predicted molar refractivity (Wildman–Crippen MR) is 142 cm³/mol. The zero-order chi connectivity index (χ0) is 26.0. The molecule has 1 fully saturated rings. The zero-order valence-corrected chi connectivity index (χ0v) is 21.1. The van der Waals surface area contributed by atoms with Gasteiger partial charge in [-0.1, -0.05) is 49.6 Å². The van der Waals surface area contributed by atoms with Crippen LogP contribution >= 0.6 is 0 Å². The van der Waals surface area contributed by atoms with Crippen LogP contribution < -0.4 is 10.6 Å². The molecule has 2 aliphatic rings. The van der Waals surface area contributed by atoms with Crippen LogP contribution in [0.4, 0.5) is 18.9 Å². The van der Waals surface area contributed by atoms with E-state index in [9.17, 15) is 18.0 Å². The lowest BCUT2D eigenvalue weighted by Crippen LogP contribution is -2.34. The molecule has 1 amide bonds. The molecule has 0 aliphatic heterocycles. The number of halogens is 3. The van der Waals surface area contributed by atoms with Gasteiger partial charge < -0.3 is 10.6 Å². The lowest BCUT2D eigenvalue weighted by Gasteiger charge is -2.23. The summed E-state index contributed by atoms with van der Waals surface area (Å²) in [5.74, 6) is 0.518. The minimum Gasteiger partial charge on any atom is -0.322 e. The van der Waals surface area contributed by atoms with Crippen LogP contribution in [0.3, 0.4) is 0 Å². The van der Waals surface area contributed by atoms with Crippen LogP contribution in [-0.4, -0.2) is 18.5 Å². The quantitative estimate of drug-likeness (QED) is 0.362. The summed E-state index contributed by atoms with van der Waals surface area (Å²) in [5, 5.41) is 6.79. The molecule has 2 N–H and O–H groups in total. The van der Waals surface area contributed by atoms with Crippen molar-refractivity contribution < 1.29 is 18.0 Å². The molecule has 0 aromatic heterocycles. The van der Waals surface area contributed by atoms with Gasteiger partial charge >= 0.3 is 6.18 Å². The van der Waals surface area contributed by atoms with Crippen LogP contribution in [0.15, 0.2) is 60.7 Å². The van der Waals surface area contributed by atoms with Gasteiger partial charge in [-0.25, -0.2) is 0 Å². The van der Waals surface area contributed by atoms with E-state index in [1.54, 1.807) is 12.1 Å². The van der Waals surface area contributed by atoms with Gasteiger partial charge in [0, 0.05) is 17.3 Å². The van der Waals surface area contributed by atoms with Crippen LogP contribution in [0.1, 0.15) is 64.7 Å². The van der Waals surface area contributed by atoms with Crippen LogP contribution in [0.2, 0.25) is 0 Å². The molecule has 1 atom stereocenters. The van der Waals surface area contributed by atoms with Crippen molar-refractivity contribution >= 4 is 11.6 Å². The Bertz CT molecular complexity index is 1260. The molecule has 3 aromatic carbocycles. The van der Waals surface area contributed by atoms with Gasteiger partial charge in [0.05, 0.1) is 5.56 Å². The maximum Gasteiger partial charge on any atom is 0.416 e. The van der Waals surface area contributed by atoms with Crippen LogP contribution in [0, 0.1) is 12.8 Å². The number of hydrogen-bond acceptors (Lipinski definition) is 2. The van der Waals surface area contributed by atoms with Crippen molar-refractivity contribution in [2.75, 3.05) is 11.9 Å². The number of rotatable bonds is 6. The van der Waals surface area contributed by atoms with E-state index in [0.29, 0.717) is 22.7 Å². The van der Waals surface area contributed by atoms with Gasteiger partial charge in [-0.15, -0.1) is 0 Å². The predicted octanol–water partition coefficient (Wildman–Crippen LogP) is 7.57. The molecule has 1 saturated carbocycles. The number of alkyl halides is 3. The minimum absolute atomic E-state index is 0.275. The van der Waals surface area contributed by atoms with Crippen molar-refractivity contribution in [3.63, 3.8) is 0 Å². The van der Waals surface area contributed by atoms with E-state index in [0.717, 1.165) is 48.7 Å². The number of carbonyl (C=O) groups excluding carboxylic acids is 1. The number of nitrogens with one attached hydrogen (secondary N) is 2. The highest BCUT2D eigenvalue weighted by molar-refractivity contribution is 6.09. The fraction of sp³-hybridized carbons (Fsp3) is 0.387. The molecule has 3 nitrogen and oxygen atoms in total. The normalized spacial score (nSPS) is 18.0. The molecule has 37 heavy (non-hydrogen) atoms. The van der Waals surface area contributed by atoms with Crippen LogP contribution in [-0.2, 0) is 19.0 Å². The van der Waals surface area contributed by atoms with E-state index in [4.69, 9.17) is 0 Å². The Morgan fingerprint density at radius 3 is 2.38 bits per heavy atom. The Morgan fingerprint density at radius 1 is 0.919 bits per heavy atom. The summed E-state index contributed by atoms with van der Waals surface area (Å²) in [6.45, 7) is 2.95. The first-order valence-electron chi connectivity index (χ1n) is 13.2. The molecule has 2 aliphatic carbocycles. The topological polar surface area (TPSA) is 41.1 Å². The van der Waals surface area contributed by atoms with Crippen molar-refractivity contribution in [1.82, 2.24) is 5.32 Å². The van der Waals surface area contributed by atoms with Gasteiger partial charge in [0.2, 0.25) is 0 Å². The first-order chi connectivity index (χ1) is 17.8. The zero-order valence-electron chi connectivity index (χ0n) is 21.1. The molecule has 0 spiro atoms. The average Bonchev–Trinajstić information content (AvgIpc) is 3.30. The summed E-state index contributed by atoms with van der Waals surface area (Å²) in [6.07, 6.45) is 4.28. The fourth-order valence-electron chi connectivity index (χ4n) is 5.83. The Morgan fingerprint density at radius 2 is 1.65 bits per heavy atom. The maximum atomic E-state index is 13.3. The number of amides is 1. The molecule has 0 heterocycles. The third-order valence-electron chi connectivity index (χ3n) is 7.84. The highest BCUT2D eigenvalue weighted by Crippen LogP contribution is 2.34. The first kappa shape index (κ1) is 25.5. The highest BCUT2D eigenvalue weighted by atomic mass is 19.4. The number of anilines is 1.